The van der Waals surface area contributed by atoms with Gasteiger partial charge in [-0.05, 0) is 36.8 Å². The number of alkyl halides is 3. The second-order valence-corrected chi connectivity index (χ2v) is 7.90. The molecule has 2 aliphatic heterocycles. The maximum Gasteiger partial charge on any atom is 0.416 e. The minimum atomic E-state index is -4.37. The first-order valence-electron chi connectivity index (χ1n) is 10.1. The number of aromatic amines is 1. The molecule has 1 N–H and O–H groups in total. The molecule has 6 nitrogen and oxygen atoms in total. The molecule has 162 valence electrons. The van der Waals surface area contributed by atoms with Crippen LogP contribution in [0.1, 0.15) is 51.6 Å². The van der Waals surface area contributed by atoms with Gasteiger partial charge in [-0.2, -0.15) is 18.3 Å². The summed E-state index contributed by atoms with van der Waals surface area (Å²) >= 11 is 0. The minimum absolute atomic E-state index is 0.143. The second kappa shape index (κ2) is 8.39. The van der Waals surface area contributed by atoms with Gasteiger partial charge in [0.15, 0.2) is 5.69 Å². The van der Waals surface area contributed by atoms with Crippen molar-refractivity contribution in [1.82, 2.24) is 20.0 Å². The number of rotatable bonds is 4. The van der Waals surface area contributed by atoms with Crippen molar-refractivity contribution in [2.75, 3.05) is 33.5 Å². The molecular weight excluding hydrogens is 397 g/mol. The van der Waals surface area contributed by atoms with Crippen molar-refractivity contribution in [1.29, 1.82) is 0 Å². The van der Waals surface area contributed by atoms with Crippen LogP contribution >= 0.6 is 0 Å². The molecule has 30 heavy (non-hydrogen) atoms. The van der Waals surface area contributed by atoms with E-state index in [0.717, 1.165) is 23.9 Å². The molecule has 2 aromatic rings. The molecular formula is C21H25F3N4O2. The highest BCUT2D eigenvalue weighted by Gasteiger charge is 2.36. The Balaban J connectivity index is 1.43. The van der Waals surface area contributed by atoms with Crippen molar-refractivity contribution in [2.45, 2.75) is 37.9 Å². The third kappa shape index (κ3) is 4.09. The number of aromatic nitrogens is 2. The SMILES string of the molecule is COCN1CCc2c(C(=O)N3CCC(c4ccccc4C(F)(F)F)CC3)n[nH]c2C1. The van der Waals surface area contributed by atoms with Crippen molar-refractivity contribution in [3.63, 3.8) is 0 Å². The van der Waals surface area contributed by atoms with E-state index in [1.807, 2.05) is 0 Å². The number of H-pyrrole nitrogens is 1. The topological polar surface area (TPSA) is 61.5 Å². The zero-order valence-electron chi connectivity index (χ0n) is 16.8. The lowest BCUT2D eigenvalue weighted by molar-refractivity contribution is -0.138. The Morgan fingerprint density at radius 2 is 1.97 bits per heavy atom. The number of likely N-dealkylation sites (tertiary alicyclic amines) is 1. The highest BCUT2D eigenvalue weighted by atomic mass is 19.4. The van der Waals surface area contributed by atoms with Gasteiger partial charge >= 0.3 is 6.18 Å². The van der Waals surface area contributed by atoms with Gasteiger partial charge in [0, 0.05) is 38.9 Å². The van der Waals surface area contributed by atoms with E-state index >= 15 is 0 Å². The zero-order valence-corrected chi connectivity index (χ0v) is 16.8. The number of carbonyl (C=O) groups is 1. The molecule has 1 aromatic heterocycles. The standard InChI is InChI=1S/C21H25F3N4O2/c1-30-13-27-9-8-16-18(12-27)25-26-19(16)20(29)28-10-6-14(7-11-28)15-4-2-3-5-17(15)21(22,23)24/h2-5,14H,6-13H2,1H3,(H,25,26). The number of amides is 1. The van der Waals surface area contributed by atoms with Crippen molar-refractivity contribution in [3.8, 4) is 0 Å². The molecule has 9 heteroatoms. The zero-order chi connectivity index (χ0) is 21.3. The van der Waals surface area contributed by atoms with Crippen LogP contribution in [0.3, 0.4) is 0 Å². The molecule has 0 radical (unpaired) electrons. The number of piperidine rings is 1. The van der Waals surface area contributed by atoms with Gasteiger partial charge < -0.3 is 9.64 Å². The summed E-state index contributed by atoms with van der Waals surface area (Å²) in [5, 5.41) is 7.23. The molecule has 2 aliphatic rings. The highest BCUT2D eigenvalue weighted by molar-refractivity contribution is 5.94. The largest absolute Gasteiger partial charge is 0.416 e. The number of hydrogen-bond acceptors (Lipinski definition) is 4. The summed E-state index contributed by atoms with van der Waals surface area (Å²) in [4.78, 5) is 16.9. The predicted molar refractivity (Wildman–Crippen MR) is 104 cm³/mol. The lowest BCUT2D eigenvalue weighted by Gasteiger charge is -2.33. The lowest BCUT2D eigenvalue weighted by atomic mass is 9.86. The van der Waals surface area contributed by atoms with Crippen LogP contribution in [0.4, 0.5) is 13.2 Å². The number of methoxy groups -OCH3 is 1. The quantitative estimate of drug-likeness (QED) is 0.821. The van der Waals surface area contributed by atoms with Crippen molar-refractivity contribution < 1.29 is 22.7 Å². The molecule has 1 fully saturated rings. The highest BCUT2D eigenvalue weighted by Crippen LogP contribution is 2.38. The Bertz CT molecular complexity index is 904. The van der Waals surface area contributed by atoms with Crippen LogP contribution in [-0.4, -0.2) is 59.4 Å². The maximum absolute atomic E-state index is 13.3. The summed E-state index contributed by atoms with van der Waals surface area (Å²) in [5.41, 5.74) is 2.06. The number of halogens is 3. The minimum Gasteiger partial charge on any atom is -0.369 e. The molecule has 0 spiro atoms. The average Bonchev–Trinajstić information content (AvgIpc) is 3.16. The lowest BCUT2D eigenvalue weighted by Crippen LogP contribution is -2.39. The number of nitrogens with zero attached hydrogens (tertiary/aromatic N) is 3. The van der Waals surface area contributed by atoms with Gasteiger partial charge in [-0.1, -0.05) is 18.2 Å². The van der Waals surface area contributed by atoms with Crippen LogP contribution in [0.2, 0.25) is 0 Å². The molecule has 0 aliphatic carbocycles. The fourth-order valence-electron chi connectivity index (χ4n) is 4.50. The molecule has 4 rings (SSSR count). The summed E-state index contributed by atoms with van der Waals surface area (Å²) in [5.74, 6) is -0.349. The predicted octanol–water partition coefficient (Wildman–Crippen LogP) is 3.41. The van der Waals surface area contributed by atoms with Gasteiger partial charge in [0.1, 0.15) is 0 Å². The smallest absolute Gasteiger partial charge is 0.369 e. The molecule has 0 atom stereocenters. The Morgan fingerprint density at radius 3 is 2.67 bits per heavy atom. The van der Waals surface area contributed by atoms with Gasteiger partial charge in [-0.15, -0.1) is 0 Å². The Kier molecular flexibility index (Phi) is 5.84. The first-order valence-corrected chi connectivity index (χ1v) is 10.1. The van der Waals surface area contributed by atoms with Crippen molar-refractivity contribution in [2.24, 2.45) is 0 Å². The van der Waals surface area contributed by atoms with Crippen LogP contribution in [-0.2, 0) is 23.9 Å². The van der Waals surface area contributed by atoms with E-state index in [2.05, 4.69) is 15.1 Å². The Hall–Kier alpha value is -2.39. The van der Waals surface area contributed by atoms with Crippen LogP contribution in [0.25, 0.3) is 0 Å². The summed E-state index contributed by atoms with van der Waals surface area (Å²) in [6, 6.07) is 5.75. The van der Waals surface area contributed by atoms with E-state index in [-0.39, 0.29) is 11.8 Å². The normalized spacial score (nSPS) is 18.5. The second-order valence-electron chi connectivity index (χ2n) is 7.90. The van der Waals surface area contributed by atoms with Gasteiger partial charge in [-0.3, -0.25) is 14.8 Å². The first-order chi connectivity index (χ1) is 14.4. The van der Waals surface area contributed by atoms with E-state index in [4.69, 9.17) is 4.74 Å². The summed E-state index contributed by atoms with van der Waals surface area (Å²) in [7, 11) is 1.65. The summed E-state index contributed by atoms with van der Waals surface area (Å²) in [6.45, 7) is 2.81. The van der Waals surface area contributed by atoms with Crippen LogP contribution in [0.15, 0.2) is 24.3 Å². The number of benzene rings is 1. The first kappa shape index (κ1) is 20.9. The third-order valence-electron chi connectivity index (χ3n) is 6.01. The Labute approximate surface area is 173 Å². The van der Waals surface area contributed by atoms with E-state index in [1.54, 1.807) is 24.1 Å². The number of nitrogens with one attached hydrogen (secondary N) is 1. The van der Waals surface area contributed by atoms with Crippen LogP contribution in [0.5, 0.6) is 0 Å². The van der Waals surface area contributed by atoms with E-state index in [1.165, 1.54) is 6.07 Å². The van der Waals surface area contributed by atoms with E-state index in [9.17, 15) is 18.0 Å². The molecule has 1 aromatic carbocycles. The maximum atomic E-state index is 13.3. The molecule has 0 unspecified atom stereocenters. The van der Waals surface area contributed by atoms with Gasteiger partial charge in [0.2, 0.25) is 0 Å². The number of hydrogen-bond donors (Lipinski definition) is 1. The van der Waals surface area contributed by atoms with Crippen LogP contribution < -0.4 is 0 Å². The van der Waals surface area contributed by atoms with E-state index in [0.29, 0.717) is 56.9 Å². The molecule has 1 saturated heterocycles. The summed E-state index contributed by atoms with van der Waals surface area (Å²) in [6.07, 6.45) is -2.64. The number of ether oxygens (including phenoxy) is 1. The average molecular weight is 422 g/mol. The van der Waals surface area contributed by atoms with Crippen LogP contribution in [0, 0.1) is 0 Å². The van der Waals surface area contributed by atoms with Crippen molar-refractivity contribution >= 4 is 5.91 Å². The fraction of sp³-hybridized carbons (Fsp3) is 0.524. The number of fused-ring (bicyclic) bond motifs is 1. The number of carbonyl (C=O) groups excluding carboxylic acids is 1. The molecule has 3 heterocycles. The fourth-order valence-corrected chi connectivity index (χ4v) is 4.50. The Morgan fingerprint density at radius 1 is 1.23 bits per heavy atom. The monoisotopic (exact) mass is 422 g/mol. The molecule has 0 bridgehead atoms. The summed E-state index contributed by atoms with van der Waals surface area (Å²) < 4.78 is 45.2. The van der Waals surface area contributed by atoms with E-state index < -0.39 is 11.7 Å². The molecule has 0 saturated carbocycles. The third-order valence-corrected chi connectivity index (χ3v) is 6.01. The van der Waals surface area contributed by atoms with Crippen molar-refractivity contribution in [3.05, 3.63) is 52.3 Å². The van der Waals surface area contributed by atoms with Gasteiger partial charge in [-0.25, -0.2) is 0 Å². The molecule has 1 amide bonds. The van der Waals surface area contributed by atoms with Gasteiger partial charge in [0.25, 0.3) is 5.91 Å². The van der Waals surface area contributed by atoms with Gasteiger partial charge in [0.05, 0.1) is 18.0 Å².